The standard InChI is InChI=1S/C13H10BrF2NO2/c14-9-1-2-10(17-5-9)7-19-13-11(15)3-8(6-18)4-12(13)16/h1-5,18H,6-7H2. The molecule has 0 unspecified atom stereocenters. The third-order valence-electron chi connectivity index (χ3n) is 2.39. The first-order valence-electron chi connectivity index (χ1n) is 5.42. The highest BCUT2D eigenvalue weighted by Gasteiger charge is 2.12. The van der Waals surface area contributed by atoms with Crippen LogP contribution in [0.5, 0.6) is 5.75 Å². The first-order chi connectivity index (χ1) is 9.10. The number of hydrogen-bond acceptors (Lipinski definition) is 3. The molecule has 1 aromatic carbocycles. The molecule has 0 spiro atoms. The smallest absolute Gasteiger partial charge is 0.191 e. The Morgan fingerprint density at radius 3 is 2.42 bits per heavy atom. The number of benzene rings is 1. The average Bonchev–Trinajstić information content (AvgIpc) is 2.39. The van der Waals surface area contributed by atoms with E-state index in [4.69, 9.17) is 9.84 Å². The number of aliphatic hydroxyl groups is 1. The molecule has 0 saturated carbocycles. The number of pyridine rings is 1. The predicted molar refractivity (Wildman–Crippen MR) is 68.5 cm³/mol. The molecule has 0 bridgehead atoms. The molecule has 0 radical (unpaired) electrons. The lowest BCUT2D eigenvalue weighted by Crippen LogP contribution is -2.02. The number of nitrogens with zero attached hydrogens (tertiary/aromatic N) is 1. The van der Waals surface area contributed by atoms with Gasteiger partial charge >= 0.3 is 0 Å². The first kappa shape index (κ1) is 13.9. The summed E-state index contributed by atoms with van der Waals surface area (Å²) in [6, 6.07) is 5.51. The van der Waals surface area contributed by atoms with E-state index < -0.39 is 24.0 Å². The molecular weight excluding hydrogens is 320 g/mol. The molecule has 0 aliphatic rings. The Bertz CT molecular complexity index is 552. The van der Waals surface area contributed by atoms with Gasteiger partial charge in [0.1, 0.15) is 6.61 Å². The van der Waals surface area contributed by atoms with Crippen molar-refractivity contribution in [3.05, 3.63) is 57.8 Å². The summed E-state index contributed by atoms with van der Waals surface area (Å²) in [7, 11) is 0. The van der Waals surface area contributed by atoms with Crippen molar-refractivity contribution >= 4 is 15.9 Å². The van der Waals surface area contributed by atoms with Crippen LogP contribution >= 0.6 is 15.9 Å². The molecule has 3 nitrogen and oxygen atoms in total. The van der Waals surface area contributed by atoms with E-state index >= 15 is 0 Å². The summed E-state index contributed by atoms with van der Waals surface area (Å²) in [5.74, 6) is -2.16. The minimum absolute atomic E-state index is 0.0421. The SMILES string of the molecule is OCc1cc(F)c(OCc2ccc(Br)cn2)c(F)c1. The second-order valence-corrected chi connectivity index (χ2v) is 4.72. The van der Waals surface area contributed by atoms with Crippen LogP contribution in [0.25, 0.3) is 0 Å². The van der Waals surface area contributed by atoms with E-state index in [1.165, 1.54) is 0 Å². The van der Waals surface area contributed by atoms with Crippen LogP contribution in [0.2, 0.25) is 0 Å². The highest BCUT2D eigenvalue weighted by atomic mass is 79.9. The van der Waals surface area contributed by atoms with Crippen molar-refractivity contribution in [1.82, 2.24) is 4.98 Å². The molecule has 2 aromatic rings. The van der Waals surface area contributed by atoms with Crippen LogP contribution in [-0.4, -0.2) is 10.1 Å². The van der Waals surface area contributed by atoms with Crippen LogP contribution in [-0.2, 0) is 13.2 Å². The van der Waals surface area contributed by atoms with Crippen molar-refractivity contribution in [2.24, 2.45) is 0 Å². The number of rotatable bonds is 4. The van der Waals surface area contributed by atoms with Gasteiger partial charge in [0, 0.05) is 10.7 Å². The van der Waals surface area contributed by atoms with Gasteiger partial charge in [0.15, 0.2) is 17.4 Å². The summed E-state index contributed by atoms with van der Waals surface area (Å²) in [5.41, 5.74) is 0.706. The molecule has 2 rings (SSSR count). The Labute approximate surface area is 117 Å². The molecule has 19 heavy (non-hydrogen) atoms. The maximum absolute atomic E-state index is 13.6. The van der Waals surface area contributed by atoms with Gasteiger partial charge in [-0.25, -0.2) is 8.78 Å². The molecule has 1 N–H and O–H groups in total. The zero-order valence-electron chi connectivity index (χ0n) is 9.74. The quantitative estimate of drug-likeness (QED) is 0.936. The minimum atomic E-state index is -0.846. The Morgan fingerprint density at radius 1 is 1.21 bits per heavy atom. The lowest BCUT2D eigenvalue weighted by atomic mass is 10.2. The maximum atomic E-state index is 13.6. The van der Waals surface area contributed by atoms with E-state index in [9.17, 15) is 8.78 Å². The molecule has 0 aliphatic carbocycles. The summed E-state index contributed by atoms with van der Waals surface area (Å²) in [6.07, 6.45) is 1.57. The van der Waals surface area contributed by atoms with Crippen LogP contribution in [0, 0.1) is 11.6 Å². The molecular formula is C13H10BrF2NO2. The summed E-state index contributed by atoms with van der Waals surface area (Å²) < 4.78 is 33.0. The van der Waals surface area contributed by atoms with E-state index in [1.54, 1.807) is 18.3 Å². The van der Waals surface area contributed by atoms with E-state index in [0.29, 0.717) is 5.69 Å². The van der Waals surface area contributed by atoms with Crippen molar-refractivity contribution in [3.63, 3.8) is 0 Å². The normalized spacial score (nSPS) is 10.5. The Kier molecular flexibility index (Phi) is 4.44. The van der Waals surface area contributed by atoms with Gasteiger partial charge in [-0.1, -0.05) is 0 Å². The van der Waals surface area contributed by atoms with Crippen LogP contribution < -0.4 is 4.74 Å². The van der Waals surface area contributed by atoms with Crippen LogP contribution in [0.3, 0.4) is 0 Å². The number of aliphatic hydroxyl groups excluding tert-OH is 1. The van der Waals surface area contributed by atoms with Gasteiger partial charge in [0.05, 0.1) is 12.3 Å². The predicted octanol–water partition coefficient (Wildman–Crippen LogP) is 3.19. The van der Waals surface area contributed by atoms with Crippen LogP contribution in [0.15, 0.2) is 34.9 Å². The lowest BCUT2D eigenvalue weighted by Gasteiger charge is -2.09. The molecule has 0 atom stereocenters. The van der Waals surface area contributed by atoms with Gasteiger partial charge in [-0.2, -0.15) is 0 Å². The van der Waals surface area contributed by atoms with E-state index in [0.717, 1.165) is 16.6 Å². The summed E-state index contributed by atoms with van der Waals surface area (Å²) in [6.45, 7) is -0.470. The number of hydrogen-bond donors (Lipinski definition) is 1. The summed E-state index contributed by atoms with van der Waals surface area (Å²) in [5, 5.41) is 8.82. The largest absolute Gasteiger partial charge is 0.481 e. The molecule has 1 aromatic heterocycles. The van der Waals surface area contributed by atoms with Crippen molar-refractivity contribution < 1.29 is 18.6 Å². The van der Waals surface area contributed by atoms with Crippen molar-refractivity contribution in [2.75, 3.05) is 0 Å². The maximum Gasteiger partial charge on any atom is 0.191 e. The van der Waals surface area contributed by atoms with Gasteiger partial charge in [-0.15, -0.1) is 0 Å². The first-order valence-corrected chi connectivity index (χ1v) is 6.21. The minimum Gasteiger partial charge on any atom is -0.481 e. The second-order valence-electron chi connectivity index (χ2n) is 3.80. The molecule has 6 heteroatoms. The molecule has 0 saturated heterocycles. The molecule has 1 heterocycles. The van der Waals surface area contributed by atoms with Crippen molar-refractivity contribution in [2.45, 2.75) is 13.2 Å². The van der Waals surface area contributed by atoms with E-state index in [-0.39, 0.29) is 12.2 Å². The Hall–Kier alpha value is -1.53. The zero-order chi connectivity index (χ0) is 13.8. The number of halogens is 3. The van der Waals surface area contributed by atoms with Crippen LogP contribution in [0.4, 0.5) is 8.78 Å². The third-order valence-corrected chi connectivity index (χ3v) is 2.86. The second kappa shape index (κ2) is 6.08. The third kappa shape index (κ3) is 3.48. The van der Waals surface area contributed by atoms with E-state index in [1.807, 2.05) is 0 Å². The molecule has 100 valence electrons. The lowest BCUT2D eigenvalue weighted by molar-refractivity contribution is 0.263. The zero-order valence-corrected chi connectivity index (χ0v) is 11.3. The fraction of sp³-hybridized carbons (Fsp3) is 0.154. The van der Waals surface area contributed by atoms with Gasteiger partial charge in [-0.3, -0.25) is 4.98 Å². The van der Waals surface area contributed by atoms with Gasteiger partial charge in [0.2, 0.25) is 0 Å². The summed E-state index contributed by atoms with van der Waals surface area (Å²) in [4.78, 5) is 4.03. The van der Waals surface area contributed by atoms with E-state index in [2.05, 4.69) is 20.9 Å². The molecule has 0 amide bonds. The molecule has 0 aliphatic heterocycles. The topological polar surface area (TPSA) is 42.4 Å². The van der Waals surface area contributed by atoms with Gasteiger partial charge in [-0.05, 0) is 45.8 Å². The highest BCUT2D eigenvalue weighted by Crippen LogP contribution is 2.24. The highest BCUT2D eigenvalue weighted by molar-refractivity contribution is 9.10. The fourth-order valence-corrected chi connectivity index (χ4v) is 1.71. The Morgan fingerprint density at radius 2 is 1.89 bits per heavy atom. The molecule has 0 fully saturated rings. The van der Waals surface area contributed by atoms with Gasteiger partial charge < -0.3 is 9.84 Å². The van der Waals surface area contributed by atoms with Crippen molar-refractivity contribution in [1.29, 1.82) is 0 Å². The van der Waals surface area contributed by atoms with Crippen LogP contribution in [0.1, 0.15) is 11.3 Å². The fourth-order valence-electron chi connectivity index (χ4n) is 1.48. The average molecular weight is 330 g/mol. The number of aromatic nitrogens is 1. The summed E-state index contributed by atoms with van der Waals surface area (Å²) >= 11 is 3.23. The van der Waals surface area contributed by atoms with Crippen molar-refractivity contribution in [3.8, 4) is 5.75 Å². The van der Waals surface area contributed by atoms with Gasteiger partial charge in [0.25, 0.3) is 0 Å². The number of ether oxygens (including phenoxy) is 1. The monoisotopic (exact) mass is 329 g/mol. The Balaban J connectivity index is 2.13.